The quantitative estimate of drug-likeness (QED) is 0.492. The van der Waals surface area contributed by atoms with Crippen LogP contribution in [0.3, 0.4) is 0 Å². The van der Waals surface area contributed by atoms with Crippen LogP contribution in [0.15, 0.2) is 36.5 Å². The number of aromatic nitrogens is 1. The van der Waals surface area contributed by atoms with Crippen LogP contribution in [0, 0.1) is 15.9 Å². The lowest BCUT2D eigenvalue weighted by molar-refractivity contribution is -0.386. The van der Waals surface area contributed by atoms with Crippen LogP contribution in [-0.2, 0) is 6.61 Å². The highest BCUT2D eigenvalue weighted by Crippen LogP contribution is 2.28. The number of nitrogens with zero attached hydrogens (tertiary/aromatic N) is 2. The van der Waals surface area contributed by atoms with Gasteiger partial charge in [0.15, 0.2) is 5.75 Å². The Hall–Kier alpha value is -2.74. The van der Waals surface area contributed by atoms with E-state index >= 15 is 0 Å². The van der Waals surface area contributed by atoms with E-state index in [1.54, 1.807) is 12.1 Å². The number of pyridine rings is 1. The number of benzene rings is 1. The molecule has 104 valence electrons. The fourth-order valence-corrected chi connectivity index (χ4v) is 1.55. The minimum atomic E-state index is -0.705. The number of halogens is 1. The van der Waals surface area contributed by atoms with Gasteiger partial charge in [-0.15, -0.1) is 0 Å². The Morgan fingerprint density at radius 1 is 1.40 bits per heavy atom. The molecule has 0 spiro atoms. The van der Waals surface area contributed by atoms with Crippen LogP contribution in [-0.4, -0.2) is 9.91 Å². The number of nitrogens with one attached hydrogen (secondary N) is 1. The lowest BCUT2D eigenvalue weighted by atomic mass is 10.3. The number of rotatable bonds is 5. The van der Waals surface area contributed by atoms with Crippen LogP contribution >= 0.6 is 0 Å². The molecule has 0 bridgehead atoms. The smallest absolute Gasteiger partial charge is 0.313 e. The van der Waals surface area contributed by atoms with Crippen molar-refractivity contribution in [3.05, 3.63) is 58.2 Å². The van der Waals surface area contributed by atoms with Gasteiger partial charge in [-0.2, -0.15) is 0 Å². The van der Waals surface area contributed by atoms with E-state index in [-0.39, 0.29) is 12.4 Å². The van der Waals surface area contributed by atoms with Gasteiger partial charge in [0.25, 0.3) is 0 Å². The molecule has 0 saturated heterocycles. The van der Waals surface area contributed by atoms with Gasteiger partial charge < -0.3 is 10.2 Å². The summed E-state index contributed by atoms with van der Waals surface area (Å²) in [5.41, 5.74) is 3.18. The maximum absolute atomic E-state index is 13.0. The molecule has 3 N–H and O–H groups in total. The number of nitro groups is 1. The molecular formula is C12H11FN4O3. The minimum Gasteiger partial charge on any atom is -0.480 e. The minimum absolute atomic E-state index is 0.00198. The van der Waals surface area contributed by atoms with Crippen LogP contribution in [0.25, 0.3) is 0 Å². The summed E-state index contributed by atoms with van der Waals surface area (Å²) < 4.78 is 18.3. The molecule has 0 aliphatic carbocycles. The van der Waals surface area contributed by atoms with E-state index in [4.69, 9.17) is 10.6 Å². The van der Waals surface area contributed by atoms with Crippen molar-refractivity contribution in [3.8, 4) is 5.75 Å². The van der Waals surface area contributed by atoms with E-state index < -0.39 is 16.4 Å². The average molecular weight is 278 g/mol. The van der Waals surface area contributed by atoms with Crippen LogP contribution < -0.4 is 16.0 Å². The van der Waals surface area contributed by atoms with Crippen molar-refractivity contribution in [1.82, 2.24) is 4.98 Å². The Morgan fingerprint density at radius 2 is 2.20 bits per heavy atom. The van der Waals surface area contributed by atoms with Crippen LogP contribution in [0.1, 0.15) is 5.69 Å². The maximum atomic E-state index is 13.0. The molecule has 2 aromatic rings. The average Bonchev–Trinajstić information content (AvgIpc) is 2.46. The van der Waals surface area contributed by atoms with Gasteiger partial charge in [0.05, 0.1) is 22.4 Å². The molecule has 1 aromatic carbocycles. The Kier molecular flexibility index (Phi) is 4.06. The van der Waals surface area contributed by atoms with Crippen LogP contribution in [0.2, 0.25) is 0 Å². The summed E-state index contributed by atoms with van der Waals surface area (Å²) in [7, 11) is 0. The second-order valence-electron chi connectivity index (χ2n) is 3.84. The van der Waals surface area contributed by atoms with Crippen molar-refractivity contribution in [2.24, 2.45) is 5.84 Å². The van der Waals surface area contributed by atoms with E-state index in [0.29, 0.717) is 11.4 Å². The molecule has 20 heavy (non-hydrogen) atoms. The maximum Gasteiger partial charge on any atom is 0.313 e. The zero-order valence-corrected chi connectivity index (χ0v) is 10.2. The highest BCUT2D eigenvalue weighted by Gasteiger charge is 2.16. The Labute approximate surface area is 113 Å². The van der Waals surface area contributed by atoms with E-state index in [1.807, 2.05) is 0 Å². The van der Waals surface area contributed by atoms with E-state index in [0.717, 1.165) is 12.1 Å². The van der Waals surface area contributed by atoms with Gasteiger partial charge in [0, 0.05) is 6.20 Å². The van der Waals surface area contributed by atoms with Crippen molar-refractivity contribution in [2.75, 3.05) is 5.43 Å². The Bertz CT molecular complexity index is 636. The number of nitrogen functional groups attached to an aromatic ring is 1. The van der Waals surface area contributed by atoms with Gasteiger partial charge in [-0.3, -0.25) is 20.9 Å². The monoisotopic (exact) mass is 278 g/mol. The predicted molar refractivity (Wildman–Crippen MR) is 69.4 cm³/mol. The summed E-state index contributed by atoms with van der Waals surface area (Å²) in [6, 6.07) is 6.39. The third kappa shape index (κ3) is 3.18. The van der Waals surface area contributed by atoms with Crippen molar-refractivity contribution < 1.29 is 14.1 Å². The van der Waals surface area contributed by atoms with E-state index in [2.05, 4.69) is 10.4 Å². The van der Waals surface area contributed by atoms with Crippen molar-refractivity contribution in [3.63, 3.8) is 0 Å². The highest BCUT2D eigenvalue weighted by molar-refractivity contribution is 5.46. The Balaban J connectivity index is 2.16. The second kappa shape index (κ2) is 5.93. The fourth-order valence-electron chi connectivity index (χ4n) is 1.55. The Morgan fingerprint density at radius 3 is 2.90 bits per heavy atom. The molecule has 8 heteroatoms. The summed E-state index contributed by atoms with van der Waals surface area (Å²) >= 11 is 0. The molecule has 0 radical (unpaired) electrons. The first-order valence-corrected chi connectivity index (χ1v) is 5.58. The first kappa shape index (κ1) is 13.7. The van der Waals surface area contributed by atoms with E-state index in [1.165, 1.54) is 12.3 Å². The molecule has 0 aliphatic heterocycles. The summed E-state index contributed by atoms with van der Waals surface area (Å²) in [4.78, 5) is 14.1. The van der Waals surface area contributed by atoms with Crippen molar-refractivity contribution in [2.45, 2.75) is 6.61 Å². The standard InChI is InChI=1S/C12H11FN4O3/c13-8-1-2-12(11(5-8)17(18)19)20-7-10-6-9(16-14)3-4-15-10/h1-6H,7,14H2,(H,15,16). The molecule has 0 aliphatic rings. The molecule has 0 amide bonds. The zero-order chi connectivity index (χ0) is 14.5. The van der Waals surface area contributed by atoms with Gasteiger partial charge in [0.2, 0.25) is 0 Å². The highest BCUT2D eigenvalue weighted by atomic mass is 19.1. The summed E-state index contributed by atoms with van der Waals surface area (Å²) in [6.45, 7) is 0.00198. The first-order valence-electron chi connectivity index (χ1n) is 5.58. The number of hydrazine groups is 1. The number of nitro benzene ring substituents is 1. The lowest BCUT2D eigenvalue weighted by Crippen LogP contribution is -2.08. The largest absolute Gasteiger partial charge is 0.480 e. The molecule has 7 nitrogen and oxygen atoms in total. The molecule has 0 fully saturated rings. The SMILES string of the molecule is NNc1ccnc(COc2ccc(F)cc2[N+](=O)[O-])c1. The van der Waals surface area contributed by atoms with Gasteiger partial charge in [0.1, 0.15) is 12.4 Å². The molecule has 0 unspecified atom stereocenters. The van der Waals surface area contributed by atoms with Gasteiger partial charge in [-0.05, 0) is 24.3 Å². The van der Waals surface area contributed by atoms with Gasteiger partial charge >= 0.3 is 5.69 Å². The zero-order valence-electron chi connectivity index (χ0n) is 10.2. The number of anilines is 1. The van der Waals surface area contributed by atoms with Gasteiger partial charge in [-0.1, -0.05) is 0 Å². The lowest BCUT2D eigenvalue weighted by Gasteiger charge is -2.07. The second-order valence-corrected chi connectivity index (χ2v) is 3.84. The van der Waals surface area contributed by atoms with Gasteiger partial charge in [-0.25, -0.2) is 4.39 Å². The van der Waals surface area contributed by atoms with Crippen LogP contribution in [0.4, 0.5) is 15.8 Å². The summed E-state index contributed by atoms with van der Waals surface area (Å²) in [5, 5.41) is 10.8. The van der Waals surface area contributed by atoms with E-state index in [9.17, 15) is 14.5 Å². The molecule has 2 rings (SSSR count). The number of hydrogen-bond donors (Lipinski definition) is 2. The summed E-state index contributed by atoms with van der Waals surface area (Å²) in [6.07, 6.45) is 1.52. The first-order chi connectivity index (χ1) is 9.60. The summed E-state index contributed by atoms with van der Waals surface area (Å²) in [5.74, 6) is 4.54. The van der Waals surface area contributed by atoms with Crippen LogP contribution in [0.5, 0.6) is 5.75 Å². The topological polar surface area (TPSA) is 103 Å². The third-order valence-electron chi connectivity index (χ3n) is 2.48. The fraction of sp³-hybridized carbons (Fsp3) is 0.0833. The normalized spacial score (nSPS) is 10.1. The molecule has 0 atom stereocenters. The number of nitrogens with two attached hydrogens (primary N) is 1. The van der Waals surface area contributed by atoms with Crippen molar-refractivity contribution >= 4 is 11.4 Å². The molecular weight excluding hydrogens is 267 g/mol. The molecule has 0 saturated carbocycles. The van der Waals surface area contributed by atoms with Crippen molar-refractivity contribution in [1.29, 1.82) is 0 Å². The third-order valence-corrected chi connectivity index (χ3v) is 2.48. The molecule has 1 aromatic heterocycles. The molecule has 1 heterocycles. The number of hydrogen-bond acceptors (Lipinski definition) is 6. The number of ether oxygens (including phenoxy) is 1. The predicted octanol–water partition coefficient (Wildman–Crippen LogP) is 1.99.